The molecule has 1 heterocycles. The quantitative estimate of drug-likeness (QED) is 0.686. The largest absolute Gasteiger partial charge is 0.444 e. The lowest BCUT2D eigenvalue weighted by atomic mass is 10.2. The number of amides is 1. The Kier molecular flexibility index (Phi) is 4.43. The number of halogens is 1. The molecule has 0 fully saturated rings. The number of rotatable bonds is 4. The molecule has 0 aliphatic heterocycles. The Balaban J connectivity index is 1.72. The van der Waals surface area contributed by atoms with Crippen LogP contribution in [0, 0.1) is 0 Å². The first kappa shape index (κ1) is 15.3. The van der Waals surface area contributed by atoms with Gasteiger partial charge in [-0.15, -0.1) is 0 Å². The molecule has 0 saturated carbocycles. The highest BCUT2D eigenvalue weighted by molar-refractivity contribution is 9.10. The van der Waals surface area contributed by atoms with Gasteiger partial charge in [0.1, 0.15) is 6.26 Å². The second-order valence-corrected chi connectivity index (χ2v) is 5.75. The number of anilines is 1. The molecule has 5 nitrogen and oxygen atoms in total. The van der Waals surface area contributed by atoms with E-state index in [0.717, 1.165) is 10.0 Å². The topological polar surface area (TPSA) is 81.1 Å². The highest BCUT2D eigenvalue weighted by Crippen LogP contribution is 2.24. The SMILES string of the molecule is Nc1ccccc1-c1nc(C(=O)NCc2ccccc2Br)co1. The molecule has 1 amide bonds. The third-order valence-electron chi connectivity index (χ3n) is 3.33. The average molecular weight is 372 g/mol. The van der Waals surface area contributed by atoms with Crippen molar-refractivity contribution < 1.29 is 9.21 Å². The Morgan fingerprint density at radius 3 is 2.70 bits per heavy atom. The molecule has 23 heavy (non-hydrogen) atoms. The van der Waals surface area contributed by atoms with E-state index in [1.54, 1.807) is 12.1 Å². The first-order chi connectivity index (χ1) is 11.1. The van der Waals surface area contributed by atoms with Crippen LogP contribution in [0.3, 0.4) is 0 Å². The molecule has 0 atom stereocenters. The normalized spacial score (nSPS) is 10.5. The summed E-state index contributed by atoms with van der Waals surface area (Å²) < 4.78 is 6.31. The van der Waals surface area contributed by atoms with Gasteiger partial charge in [-0.2, -0.15) is 0 Å². The first-order valence-corrected chi connectivity index (χ1v) is 7.76. The van der Waals surface area contributed by atoms with Crippen molar-refractivity contribution in [1.29, 1.82) is 0 Å². The summed E-state index contributed by atoms with van der Waals surface area (Å²) in [4.78, 5) is 16.4. The summed E-state index contributed by atoms with van der Waals surface area (Å²) in [5, 5.41) is 2.81. The molecule has 0 aliphatic rings. The highest BCUT2D eigenvalue weighted by atomic mass is 79.9. The molecular weight excluding hydrogens is 358 g/mol. The summed E-state index contributed by atoms with van der Waals surface area (Å²) in [6.07, 6.45) is 1.33. The van der Waals surface area contributed by atoms with E-state index in [1.807, 2.05) is 36.4 Å². The zero-order chi connectivity index (χ0) is 16.2. The van der Waals surface area contributed by atoms with E-state index in [0.29, 0.717) is 23.7 Å². The Hall–Kier alpha value is -2.60. The predicted octanol–water partition coefficient (Wildman–Crippen LogP) is 3.62. The molecular formula is C17H14BrN3O2. The first-order valence-electron chi connectivity index (χ1n) is 6.97. The number of nitrogens with zero attached hydrogens (tertiary/aromatic N) is 1. The minimum Gasteiger partial charge on any atom is -0.444 e. The maximum atomic E-state index is 12.2. The van der Waals surface area contributed by atoms with E-state index >= 15 is 0 Å². The van der Waals surface area contributed by atoms with Gasteiger partial charge in [0.25, 0.3) is 5.91 Å². The molecule has 3 aromatic rings. The Bertz CT molecular complexity index is 845. The van der Waals surface area contributed by atoms with Crippen molar-refractivity contribution in [1.82, 2.24) is 10.3 Å². The number of carbonyl (C=O) groups excluding carboxylic acids is 1. The fourth-order valence-electron chi connectivity index (χ4n) is 2.10. The van der Waals surface area contributed by atoms with E-state index in [2.05, 4.69) is 26.2 Å². The monoisotopic (exact) mass is 371 g/mol. The lowest BCUT2D eigenvalue weighted by molar-refractivity contribution is 0.0946. The standard InChI is InChI=1S/C17H14BrN3O2/c18-13-7-3-1-5-11(13)9-20-16(22)15-10-23-17(21-15)12-6-2-4-8-14(12)19/h1-8,10H,9,19H2,(H,20,22). The van der Waals surface area contributed by atoms with Crippen LogP contribution in [-0.2, 0) is 6.54 Å². The number of benzene rings is 2. The zero-order valence-corrected chi connectivity index (χ0v) is 13.7. The number of nitrogens with one attached hydrogen (secondary N) is 1. The summed E-state index contributed by atoms with van der Waals surface area (Å²) in [6, 6.07) is 14.9. The Morgan fingerprint density at radius 1 is 1.17 bits per heavy atom. The number of carbonyl (C=O) groups is 1. The lowest BCUT2D eigenvalue weighted by Crippen LogP contribution is -2.23. The van der Waals surface area contributed by atoms with Crippen LogP contribution in [0.25, 0.3) is 11.5 Å². The number of aromatic nitrogens is 1. The van der Waals surface area contributed by atoms with Crippen molar-refractivity contribution in [3.05, 3.63) is 70.5 Å². The smallest absolute Gasteiger partial charge is 0.273 e. The number of hydrogen-bond acceptors (Lipinski definition) is 4. The fourth-order valence-corrected chi connectivity index (χ4v) is 2.53. The zero-order valence-electron chi connectivity index (χ0n) is 12.1. The van der Waals surface area contributed by atoms with Crippen LogP contribution < -0.4 is 11.1 Å². The van der Waals surface area contributed by atoms with Crippen molar-refractivity contribution in [2.24, 2.45) is 0 Å². The molecule has 0 saturated heterocycles. The minimum absolute atomic E-state index is 0.218. The van der Waals surface area contributed by atoms with Gasteiger partial charge in [0.15, 0.2) is 5.69 Å². The summed E-state index contributed by atoms with van der Waals surface area (Å²) in [6.45, 7) is 0.399. The summed E-state index contributed by atoms with van der Waals surface area (Å²) >= 11 is 3.45. The van der Waals surface area contributed by atoms with Crippen LogP contribution in [0.5, 0.6) is 0 Å². The van der Waals surface area contributed by atoms with Gasteiger partial charge in [-0.1, -0.05) is 46.3 Å². The maximum Gasteiger partial charge on any atom is 0.273 e. The molecule has 3 N–H and O–H groups in total. The molecule has 0 unspecified atom stereocenters. The molecule has 0 aliphatic carbocycles. The van der Waals surface area contributed by atoms with Gasteiger partial charge in [0.2, 0.25) is 5.89 Å². The maximum absolute atomic E-state index is 12.2. The van der Waals surface area contributed by atoms with Crippen LogP contribution in [0.15, 0.2) is 63.7 Å². The second kappa shape index (κ2) is 6.66. The Labute approximate surface area is 141 Å². The van der Waals surface area contributed by atoms with E-state index in [-0.39, 0.29) is 11.6 Å². The predicted molar refractivity (Wildman–Crippen MR) is 91.7 cm³/mol. The van der Waals surface area contributed by atoms with Gasteiger partial charge >= 0.3 is 0 Å². The van der Waals surface area contributed by atoms with Crippen molar-refractivity contribution in [2.45, 2.75) is 6.54 Å². The number of oxazole rings is 1. The molecule has 0 spiro atoms. The van der Waals surface area contributed by atoms with E-state index < -0.39 is 0 Å². The number of nitrogen functional groups attached to an aromatic ring is 1. The van der Waals surface area contributed by atoms with E-state index in [1.165, 1.54) is 6.26 Å². The lowest BCUT2D eigenvalue weighted by Gasteiger charge is -2.05. The molecule has 0 bridgehead atoms. The number of nitrogens with two attached hydrogens (primary N) is 1. The van der Waals surface area contributed by atoms with E-state index in [4.69, 9.17) is 10.2 Å². The molecule has 6 heteroatoms. The summed E-state index contributed by atoms with van der Waals surface area (Å²) in [5.41, 5.74) is 8.30. The molecule has 116 valence electrons. The van der Waals surface area contributed by atoms with Crippen molar-refractivity contribution >= 4 is 27.5 Å². The minimum atomic E-state index is -0.301. The van der Waals surface area contributed by atoms with Crippen molar-refractivity contribution in [3.63, 3.8) is 0 Å². The van der Waals surface area contributed by atoms with Gasteiger partial charge in [-0.05, 0) is 23.8 Å². The Morgan fingerprint density at radius 2 is 1.91 bits per heavy atom. The molecule has 0 radical (unpaired) electrons. The van der Waals surface area contributed by atoms with Crippen LogP contribution in [0.2, 0.25) is 0 Å². The number of para-hydroxylation sites is 1. The second-order valence-electron chi connectivity index (χ2n) is 4.90. The third-order valence-corrected chi connectivity index (χ3v) is 4.10. The van der Waals surface area contributed by atoms with Gasteiger partial charge in [0, 0.05) is 16.7 Å². The number of hydrogen-bond donors (Lipinski definition) is 2. The average Bonchev–Trinajstić information content (AvgIpc) is 3.04. The van der Waals surface area contributed by atoms with Crippen LogP contribution in [-0.4, -0.2) is 10.9 Å². The van der Waals surface area contributed by atoms with Crippen LogP contribution >= 0.6 is 15.9 Å². The fraction of sp³-hybridized carbons (Fsp3) is 0.0588. The highest BCUT2D eigenvalue weighted by Gasteiger charge is 2.14. The van der Waals surface area contributed by atoms with Crippen LogP contribution in [0.1, 0.15) is 16.1 Å². The van der Waals surface area contributed by atoms with Crippen LogP contribution in [0.4, 0.5) is 5.69 Å². The summed E-state index contributed by atoms with van der Waals surface area (Å²) in [7, 11) is 0. The third kappa shape index (κ3) is 3.43. The van der Waals surface area contributed by atoms with Gasteiger partial charge in [-0.25, -0.2) is 4.98 Å². The van der Waals surface area contributed by atoms with Gasteiger partial charge < -0.3 is 15.5 Å². The molecule has 2 aromatic carbocycles. The van der Waals surface area contributed by atoms with Crippen molar-refractivity contribution in [3.8, 4) is 11.5 Å². The molecule has 3 rings (SSSR count). The van der Waals surface area contributed by atoms with Gasteiger partial charge in [-0.3, -0.25) is 4.79 Å². The van der Waals surface area contributed by atoms with Gasteiger partial charge in [0.05, 0.1) is 5.56 Å². The van der Waals surface area contributed by atoms with Crippen molar-refractivity contribution in [2.75, 3.05) is 5.73 Å². The van der Waals surface area contributed by atoms with E-state index in [9.17, 15) is 4.79 Å². The summed E-state index contributed by atoms with van der Waals surface area (Å²) in [5.74, 6) is 0.0272. The molecule has 1 aromatic heterocycles.